The molecular formula is C18H18O3. The first kappa shape index (κ1) is 13.7. The van der Waals surface area contributed by atoms with Gasteiger partial charge in [-0.3, -0.25) is 4.79 Å². The van der Waals surface area contributed by atoms with Crippen LogP contribution in [0, 0.1) is 5.92 Å². The second kappa shape index (κ2) is 6.00. The van der Waals surface area contributed by atoms with Crippen LogP contribution in [0.25, 0.3) is 0 Å². The smallest absolute Gasteiger partial charge is 0.309 e. The Hall–Kier alpha value is -2.29. The van der Waals surface area contributed by atoms with Crippen LogP contribution in [0.3, 0.4) is 0 Å². The Kier molecular flexibility index (Phi) is 3.91. The highest BCUT2D eigenvalue weighted by molar-refractivity contribution is 5.77. The Morgan fingerprint density at radius 1 is 1.05 bits per heavy atom. The fourth-order valence-corrected chi connectivity index (χ4v) is 2.48. The van der Waals surface area contributed by atoms with E-state index in [4.69, 9.17) is 9.47 Å². The number of benzene rings is 2. The molecule has 21 heavy (non-hydrogen) atoms. The molecule has 1 aliphatic carbocycles. The summed E-state index contributed by atoms with van der Waals surface area (Å²) in [4.78, 5) is 11.7. The number of rotatable bonds is 5. The molecule has 3 nitrogen and oxygen atoms in total. The molecule has 2 atom stereocenters. The van der Waals surface area contributed by atoms with Gasteiger partial charge in [0.15, 0.2) is 0 Å². The average molecular weight is 282 g/mol. The van der Waals surface area contributed by atoms with E-state index < -0.39 is 0 Å². The van der Waals surface area contributed by atoms with Crippen LogP contribution in [-0.4, -0.2) is 12.6 Å². The zero-order chi connectivity index (χ0) is 14.7. The Balaban J connectivity index is 1.62. The van der Waals surface area contributed by atoms with Crippen molar-refractivity contribution in [2.75, 3.05) is 6.61 Å². The van der Waals surface area contributed by atoms with E-state index in [-0.39, 0.29) is 11.9 Å². The lowest BCUT2D eigenvalue weighted by atomic mass is 10.1. The number of carbonyl (C=O) groups excluding carboxylic acids is 1. The summed E-state index contributed by atoms with van der Waals surface area (Å²) in [5.74, 6) is 1.88. The van der Waals surface area contributed by atoms with E-state index in [1.165, 1.54) is 5.56 Å². The van der Waals surface area contributed by atoms with Gasteiger partial charge in [-0.25, -0.2) is 0 Å². The Labute approximate surface area is 124 Å². The van der Waals surface area contributed by atoms with E-state index in [0.717, 1.165) is 17.9 Å². The standard InChI is InChI=1S/C18H18O3/c1-2-20-18(19)17-12-16(17)13-8-10-15(11-9-13)21-14-6-4-3-5-7-14/h3-11,16-17H,2,12H2,1H3. The fraction of sp³-hybridized carbons (Fsp3) is 0.278. The van der Waals surface area contributed by atoms with Crippen LogP contribution >= 0.6 is 0 Å². The van der Waals surface area contributed by atoms with Crippen molar-refractivity contribution >= 4 is 5.97 Å². The van der Waals surface area contributed by atoms with E-state index in [0.29, 0.717) is 12.5 Å². The van der Waals surface area contributed by atoms with E-state index in [1.54, 1.807) is 0 Å². The second-order valence-corrected chi connectivity index (χ2v) is 5.18. The lowest BCUT2D eigenvalue weighted by molar-refractivity contribution is -0.144. The van der Waals surface area contributed by atoms with E-state index in [9.17, 15) is 4.79 Å². The third kappa shape index (κ3) is 3.24. The highest BCUT2D eigenvalue weighted by atomic mass is 16.5. The molecule has 1 saturated carbocycles. The maximum Gasteiger partial charge on any atom is 0.309 e. The minimum absolute atomic E-state index is 0.0332. The molecule has 2 unspecified atom stereocenters. The number of hydrogen-bond acceptors (Lipinski definition) is 3. The molecule has 3 rings (SSSR count). The first-order valence-electron chi connectivity index (χ1n) is 7.27. The molecule has 0 N–H and O–H groups in total. The quantitative estimate of drug-likeness (QED) is 0.773. The number of para-hydroxylation sites is 1. The molecule has 0 bridgehead atoms. The maximum absolute atomic E-state index is 11.7. The summed E-state index contributed by atoms with van der Waals surface area (Å²) in [7, 11) is 0. The van der Waals surface area contributed by atoms with Gasteiger partial charge in [-0.05, 0) is 49.1 Å². The lowest BCUT2D eigenvalue weighted by Gasteiger charge is -2.06. The number of carbonyl (C=O) groups is 1. The van der Waals surface area contributed by atoms with Gasteiger partial charge in [0.05, 0.1) is 12.5 Å². The maximum atomic E-state index is 11.7. The van der Waals surface area contributed by atoms with Crippen molar-refractivity contribution in [1.29, 1.82) is 0 Å². The highest BCUT2D eigenvalue weighted by Gasteiger charge is 2.45. The molecule has 1 fully saturated rings. The van der Waals surface area contributed by atoms with Crippen LogP contribution in [0.4, 0.5) is 0 Å². The van der Waals surface area contributed by atoms with Crippen molar-refractivity contribution in [3.8, 4) is 11.5 Å². The van der Waals surface area contributed by atoms with Crippen molar-refractivity contribution in [3.05, 3.63) is 60.2 Å². The SMILES string of the molecule is CCOC(=O)C1CC1c1ccc(Oc2ccccc2)cc1. The number of ether oxygens (including phenoxy) is 2. The molecule has 0 aliphatic heterocycles. The summed E-state index contributed by atoms with van der Waals surface area (Å²) in [5, 5.41) is 0. The van der Waals surface area contributed by atoms with Gasteiger partial charge in [-0.2, -0.15) is 0 Å². The Morgan fingerprint density at radius 3 is 2.38 bits per heavy atom. The zero-order valence-electron chi connectivity index (χ0n) is 12.0. The third-order valence-electron chi connectivity index (χ3n) is 3.67. The van der Waals surface area contributed by atoms with E-state index in [1.807, 2.05) is 61.5 Å². The lowest BCUT2D eigenvalue weighted by Crippen LogP contribution is -2.07. The van der Waals surface area contributed by atoms with Gasteiger partial charge in [0.1, 0.15) is 11.5 Å². The molecule has 0 heterocycles. The third-order valence-corrected chi connectivity index (χ3v) is 3.67. The molecule has 0 aromatic heterocycles. The van der Waals surface area contributed by atoms with Crippen LogP contribution in [0.15, 0.2) is 54.6 Å². The molecule has 3 heteroatoms. The number of esters is 1. The van der Waals surface area contributed by atoms with Crippen LogP contribution in [0.2, 0.25) is 0 Å². The zero-order valence-corrected chi connectivity index (χ0v) is 12.0. The minimum Gasteiger partial charge on any atom is -0.466 e. The molecule has 0 amide bonds. The molecule has 2 aromatic rings. The molecule has 0 saturated heterocycles. The van der Waals surface area contributed by atoms with Gasteiger partial charge in [0.25, 0.3) is 0 Å². The highest BCUT2D eigenvalue weighted by Crippen LogP contribution is 2.48. The van der Waals surface area contributed by atoms with Crippen molar-refractivity contribution in [2.24, 2.45) is 5.92 Å². The first-order chi connectivity index (χ1) is 10.3. The first-order valence-corrected chi connectivity index (χ1v) is 7.27. The van der Waals surface area contributed by atoms with Gasteiger partial charge in [0.2, 0.25) is 0 Å². The van der Waals surface area contributed by atoms with E-state index in [2.05, 4.69) is 0 Å². The summed E-state index contributed by atoms with van der Waals surface area (Å²) in [6.07, 6.45) is 0.887. The Morgan fingerprint density at radius 2 is 1.71 bits per heavy atom. The normalized spacial score (nSPS) is 19.9. The molecule has 0 spiro atoms. The molecule has 1 aliphatic rings. The van der Waals surface area contributed by atoms with Crippen LogP contribution in [-0.2, 0) is 9.53 Å². The van der Waals surface area contributed by atoms with Crippen LogP contribution < -0.4 is 4.74 Å². The molecule has 2 aromatic carbocycles. The fourth-order valence-electron chi connectivity index (χ4n) is 2.48. The monoisotopic (exact) mass is 282 g/mol. The van der Waals surface area contributed by atoms with Gasteiger partial charge < -0.3 is 9.47 Å². The summed E-state index contributed by atoms with van der Waals surface area (Å²) in [6.45, 7) is 2.29. The van der Waals surface area contributed by atoms with Gasteiger partial charge >= 0.3 is 5.97 Å². The summed E-state index contributed by atoms with van der Waals surface area (Å²) in [5.41, 5.74) is 1.17. The van der Waals surface area contributed by atoms with Crippen molar-refractivity contribution in [2.45, 2.75) is 19.3 Å². The van der Waals surface area contributed by atoms with Crippen LogP contribution in [0.1, 0.15) is 24.8 Å². The van der Waals surface area contributed by atoms with Gasteiger partial charge in [-0.15, -0.1) is 0 Å². The Bertz CT molecular complexity index is 604. The number of hydrogen-bond donors (Lipinski definition) is 0. The molecule has 0 radical (unpaired) electrons. The predicted octanol–water partition coefficient (Wildman–Crippen LogP) is 4.15. The average Bonchev–Trinajstić information content (AvgIpc) is 3.30. The summed E-state index contributed by atoms with van der Waals surface area (Å²) in [6, 6.07) is 17.6. The van der Waals surface area contributed by atoms with Gasteiger partial charge in [0, 0.05) is 0 Å². The molecular weight excluding hydrogens is 264 g/mol. The van der Waals surface area contributed by atoms with E-state index >= 15 is 0 Å². The van der Waals surface area contributed by atoms with Crippen molar-refractivity contribution < 1.29 is 14.3 Å². The topological polar surface area (TPSA) is 35.5 Å². The van der Waals surface area contributed by atoms with Crippen LogP contribution in [0.5, 0.6) is 11.5 Å². The summed E-state index contributed by atoms with van der Waals surface area (Å²) < 4.78 is 10.8. The van der Waals surface area contributed by atoms with Crippen molar-refractivity contribution in [3.63, 3.8) is 0 Å². The van der Waals surface area contributed by atoms with Gasteiger partial charge in [-0.1, -0.05) is 30.3 Å². The predicted molar refractivity (Wildman–Crippen MR) is 80.4 cm³/mol. The summed E-state index contributed by atoms with van der Waals surface area (Å²) >= 11 is 0. The minimum atomic E-state index is -0.0767. The second-order valence-electron chi connectivity index (χ2n) is 5.18. The van der Waals surface area contributed by atoms with Crippen molar-refractivity contribution in [1.82, 2.24) is 0 Å². The largest absolute Gasteiger partial charge is 0.466 e. The molecule has 108 valence electrons.